The average molecular weight is 355 g/mol. The van der Waals surface area contributed by atoms with Crippen LogP contribution in [0.5, 0.6) is 0 Å². The van der Waals surface area contributed by atoms with Crippen molar-refractivity contribution >= 4 is 44.3 Å². The van der Waals surface area contributed by atoms with Gasteiger partial charge in [0.25, 0.3) is 0 Å². The summed E-state index contributed by atoms with van der Waals surface area (Å²) in [6, 6.07) is 4.10. The van der Waals surface area contributed by atoms with E-state index in [4.69, 9.17) is 11.6 Å². The van der Waals surface area contributed by atoms with Crippen LogP contribution in [0.3, 0.4) is 0 Å². The molecule has 106 valence electrons. The molecule has 0 saturated carbocycles. The Labute approximate surface area is 132 Å². The second-order valence-electron chi connectivity index (χ2n) is 5.28. The van der Waals surface area contributed by atoms with E-state index in [0.29, 0.717) is 5.92 Å². The van der Waals surface area contributed by atoms with E-state index < -0.39 is 0 Å². The van der Waals surface area contributed by atoms with Gasteiger partial charge < -0.3 is 4.90 Å². The number of anilines is 1. The predicted octanol–water partition coefficient (Wildman–Crippen LogP) is 4.24. The highest BCUT2D eigenvalue weighted by Gasteiger charge is 2.21. The lowest BCUT2D eigenvalue weighted by Gasteiger charge is -2.34. The van der Waals surface area contributed by atoms with Gasteiger partial charge in [-0.1, -0.05) is 0 Å². The first-order chi connectivity index (χ1) is 9.78. The van der Waals surface area contributed by atoms with Crippen LogP contribution in [0.1, 0.15) is 19.3 Å². The summed E-state index contributed by atoms with van der Waals surface area (Å²) >= 11 is 9.35. The maximum atomic E-state index is 5.89. The van der Waals surface area contributed by atoms with E-state index >= 15 is 0 Å². The molecule has 1 saturated heterocycles. The van der Waals surface area contributed by atoms with Crippen molar-refractivity contribution in [3.05, 3.63) is 29.0 Å². The van der Waals surface area contributed by atoms with Crippen LogP contribution in [-0.2, 0) is 0 Å². The molecule has 3 nitrogen and oxygen atoms in total. The number of nitrogens with zero attached hydrogens (tertiary/aromatic N) is 3. The molecule has 1 fully saturated rings. The number of fused-ring (bicyclic) bond motifs is 1. The molecule has 2 aromatic heterocycles. The molecule has 2 aromatic rings. The molecule has 0 bridgehead atoms. The summed E-state index contributed by atoms with van der Waals surface area (Å²) in [6.07, 6.45) is 7.32. The van der Waals surface area contributed by atoms with E-state index in [9.17, 15) is 0 Å². The van der Waals surface area contributed by atoms with Crippen molar-refractivity contribution in [2.45, 2.75) is 19.3 Å². The first-order valence-electron chi connectivity index (χ1n) is 6.99. The second-order valence-corrected chi connectivity index (χ2v) is 6.58. The molecule has 20 heavy (non-hydrogen) atoms. The van der Waals surface area contributed by atoms with Crippen molar-refractivity contribution in [2.24, 2.45) is 5.92 Å². The Hall–Kier alpha value is -0.870. The minimum absolute atomic E-state index is 0.694. The van der Waals surface area contributed by atoms with Gasteiger partial charge in [-0.3, -0.25) is 9.97 Å². The van der Waals surface area contributed by atoms with Crippen LogP contribution < -0.4 is 4.90 Å². The second kappa shape index (κ2) is 6.27. The zero-order valence-corrected chi connectivity index (χ0v) is 13.6. The van der Waals surface area contributed by atoms with E-state index in [-0.39, 0.29) is 0 Å². The van der Waals surface area contributed by atoms with Crippen molar-refractivity contribution in [1.29, 1.82) is 0 Å². The van der Waals surface area contributed by atoms with Gasteiger partial charge in [-0.25, -0.2) is 0 Å². The summed E-state index contributed by atoms with van der Waals surface area (Å²) in [5.41, 5.74) is 3.13. The highest BCUT2D eigenvalue weighted by molar-refractivity contribution is 9.10. The summed E-state index contributed by atoms with van der Waals surface area (Å²) in [7, 11) is 0. The molecule has 3 rings (SSSR count). The van der Waals surface area contributed by atoms with Gasteiger partial charge in [0.05, 0.1) is 11.2 Å². The fourth-order valence-corrected chi connectivity index (χ4v) is 3.55. The molecule has 1 unspecified atom stereocenters. The number of alkyl halides is 1. The van der Waals surface area contributed by atoms with Gasteiger partial charge in [-0.15, -0.1) is 11.6 Å². The van der Waals surface area contributed by atoms with Gasteiger partial charge in [-0.2, -0.15) is 0 Å². The molecule has 0 aromatic carbocycles. The standard InChI is InChI=1S/C15H17BrClN3/c16-12-8-13-15(19-9-12)14(4-6-18-13)20-7-1-2-11(10-20)3-5-17/h4,6,8-9,11H,1-3,5,7,10H2. The normalized spacial score (nSPS) is 19.5. The Bertz CT molecular complexity index is 603. The Morgan fingerprint density at radius 3 is 3.15 bits per heavy atom. The largest absolute Gasteiger partial charge is 0.369 e. The van der Waals surface area contributed by atoms with Crippen LogP contribution in [0.2, 0.25) is 0 Å². The third kappa shape index (κ3) is 2.91. The first-order valence-corrected chi connectivity index (χ1v) is 8.32. The third-order valence-electron chi connectivity index (χ3n) is 3.90. The predicted molar refractivity (Wildman–Crippen MR) is 87.5 cm³/mol. The first kappa shape index (κ1) is 14.1. The monoisotopic (exact) mass is 353 g/mol. The molecule has 0 radical (unpaired) electrons. The summed E-state index contributed by atoms with van der Waals surface area (Å²) in [6.45, 7) is 2.17. The number of halogens is 2. The minimum atomic E-state index is 0.694. The summed E-state index contributed by atoms with van der Waals surface area (Å²) in [5.74, 6) is 1.45. The molecule has 0 N–H and O–H groups in total. The fourth-order valence-electron chi connectivity index (χ4n) is 2.92. The molecular weight excluding hydrogens is 338 g/mol. The third-order valence-corrected chi connectivity index (χ3v) is 4.55. The molecule has 3 heterocycles. The summed E-state index contributed by atoms with van der Waals surface area (Å²) < 4.78 is 0.966. The molecule has 1 aliphatic heterocycles. The van der Waals surface area contributed by atoms with Crippen molar-refractivity contribution < 1.29 is 0 Å². The highest BCUT2D eigenvalue weighted by atomic mass is 79.9. The number of piperidine rings is 1. The van der Waals surface area contributed by atoms with Gasteiger partial charge in [0.2, 0.25) is 0 Å². The summed E-state index contributed by atoms with van der Waals surface area (Å²) in [5, 5.41) is 0. The lowest BCUT2D eigenvalue weighted by molar-refractivity contribution is 0.407. The number of aromatic nitrogens is 2. The number of hydrogen-bond acceptors (Lipinski definition) is 3. The maximum absolute atomic E-state index is 5.89. The van der Waals surface area contributed by atoms with E-state index in [0.717, 1.165) is 40.9 Å². The Kier molecular flexibility index (Phi) is 4.41. The van der Waals surface area contributed by atoms with Crippen molar-refractivity contribution in [2.75, 3.05) is 23.9 Å². The minimum Gasteiger partial charge on any atom is -0.369 e. The van der Waals surface area contributed by atoms with Gasteiger partial charge in [0.1, 0.15) is 5.52 Å². The zero-order chi connectivity index (χ0) is 13.9. The smallest absolute Gasteiger partial charge is 0.112 e. The SMILES string of the molecule is ClCCC1CCCN(c2ccnc3cc(Br)cnc23)C1. The van der Waals surface area contributed by atoms with E-state index in [1.165, 1.54) is 18.5 Å². The molecular formula is C15H17BrClN3. The zero-order valence-electron chi connectivity index (χ0n) is 11.2. The van der Waals surface area contributed by atoms with Crippen molar-refractivity contribution in [3.8, 4) is 0 Å². The van der Waals surface area contributed by atoms with Crippen LogP contribution in [0, 0.1) is 5.92 Å². The lowest BCUT2D eigenvalue weighted by atomic mass is 9.95. The topological polar surface area (TPSA) is 29.0 Å². The van der Waals surface area contributed by atoms with Gasteiger partial charge in [0.15, 0.2) is 0 Å². The number of rotatable bonds is 3. The molecule has 1 aliphatic rings. The van der Waals surface area contributed by atoms with Crippen LogP contribution in [0.25, 0.3) is 11.0 Å². The van der Waals surface area contributed by atoms with Crippen molar-refractivity contribution in [3.63, 3.8) is 0 Å². The molecule has 1 atom stereocenters. The molecule has 0 spiro atoms. The Morgan fingerprint density at radius 1 is 1.40 bits per heavy atom. The molecule has 5 heteroatoms. The number of hydrogen-bond donors (Lipinski definition) is 0. The van der Waals surface area contributed by atoms with Crippen LogP contribution in [0.15, 0.2) is 29.0 Å². The van der Waals surface area contributed by atoms with Crippen LogP contribution in [0.4, 0.5) is 5.69 Å². The van der Waals surface area contributed by atoms with E-state index in [1.807, 2.05) is 18.5 Å². The maximum Gasteiger partial charge on any atom is 0.112 e. The van der Waals surface area contributed by atoms with Crippen molar-refractivity contribution in [1.82, 2.24) is 9.97 Å². The Balaban J connectivity index is 1.93. The van der Waals surface area contributed by atoms with Crippen LogP contribution in [-0.4, -0.2) is 28.9 Å². The molecule has 0 amide bonds. The average Bonchev–Trinajstić information content (AvgIpc) is 2.47. The highest BCUT2D eigenvalue weighted by Crippen LogP contribution is 2.30. The number of pyridine rings is 2. The van der Waals surface area contributed by atoms with Gasteiger partial charge in [0, 0.05) is 35.8 Å². The summed E-state index contributed by atoms with van der Waals surface area (Å²) in [4.78, 5) is 11.4. The lowest BCUT2D eigenvalue weighted by Crippen LogP contribution is -2.35. The van der Waals surface area contributed by atoms with Crippen LogP contribution >= 0.6 is 27.5 Å². The van der Waals surface area contributed by atoms with Gasteiger partial charge >= 0.3 is 0 Å². The Morgan fingerprint density at radius 2 is 2.30 bits per heavy atom. The van der Waals surface area contributed by atoms with E-state index in [1.54, 1.807) is 0 Å². The fraction of sp³-hybridized carbons (Fsp3) is 0.467. The van der Waals surface area contributed by atoms with E-state index in [2.05, 4.69) is 36.9 Å². The molecule has 0 aliphatic carbocycles. The quantitative estimate of drug-likeness (QED) is 0.772. The van der Waals surface area contributed by atoms with Gasteiger partial charge in [-0.05, 0) is 53.2 Å².